The second-order valence-corrected chi connectivity index (χ2v) is 15.7. The van der Waals surface area contributed by atoms with E-state index in [4.69, 9.17) is 14.4 Å². The van der Waals surface area contributed by atoms with Crippen molar-refractivity contribution in [1.29, 1.82) is 0 Å². The summed E-state index contributed by atoms with van der Waals surface area (Å²) >= 11 is 0. The quantitative estimate of drug-likeness (QED) is 0.165. The fourth-order valence-electron chi connectivity index (χ4n) is 10.2. The minimum atomic E-state index is 0.624. The van der Waals surface area contributed by atoms with E-state index in [0.29, 0.717) is 5.95 Å². The van der Waals surface area contributed by atoms with Crippen molar-refractivity contribution < 1.29 is 4.42 Å². The van der Waals surface area contributed by atoms with E-state index in [-0.39, 0.29) is 0 Å². The molecule has 5 nitrogen and oxygen atoms in total. The maximum absolute atomic E-state index is 6.45. The monoisotopic (exact) mass is 750 g/mol. The minimum absolute atomic E-state index is 0.624. The summed E-state index contributed by atoms with van der Waals surface area (Å²) in [5, 5.41) is 10.2. The molecule has 0 spiro atoms. The third kappa shape index (κ3) is 4.08. The zero-order valence-electron chi connectivity index (χ0n) is 31.5. The van der Waals surface area contributed by atoms with Gasteiger partial charge in [0.05, 0.1) is 39.0 Å². The molecule has 0 saturated heterocycles. The molecule has 5 heteroatoms. The number of hydrogen-bond donors (Lipinski definition) is 0. The number of para-hydroxylation sites is 4. The molecule has 272 valence electrons. The molecule has 0 bridgehead atoms. The summed E-state index contributed by atoms with van der Waals surface area (Å²) in [5.74, 6) is 0.624. The predicted octanol–water partition coefficient (Wildman–Crippen LogP) is 14.2. The molecular formula is C54H30N4O. The van der Waals surface area contributed by atoms with Crippen molar-refractivity contribution in [3.05, 3.63) is 182 Å². The molecule has 0 unspecified atom stereocenters. The molecule has 1 aliphatic heterocycles. The molecule has 0 radical (unpaired) electrons. The Balaban J connectivity index is 1.16. The first-order valence-corrected chi connectivity index (χ1v) is 20.1. The molecule has 1 aliphatic rings. The van der Waals surface area contributed by atoms with Gasteiger partial charge < -0.3 is 8.98 Å². The Labute approximate surface area is 336 Å². The van der Waals surface area contributed by atoms with Gasteiger partial charge in [-0.3, -0.25) is 4.57 Å². The summed E-state index contributed by atoms with van der Waals surface area (Å²) in [5.41, 5.74) is 15.0. The molecule has 0 atom stereocenters. The van der Waals surface area contributed by atoms with Gasteiger partial charge in [-0.05, 0) is 70.4 Å². The average molecular weight is 751 g/mol. The van der Waals surface area contributed by atoms with E-state index < -0.39 is 0 Å². The van der Waals surface area contributed by atoms with Crippen molar-refractivity contribution in [2.24, 2.45) is 0 Å². The lowest BCUT2D eigenvalue weighted by atomic mass is 9.91. The van der Waals surface area contributed by atoms with Crippen LogP contribution >= 0.6 is 0 Å². The van der Waals surface area contributed by atoms with Crippen molar-refractivity contribution in [2.45, 2.75) is 0 Å². The number of benzene rings is 9. The Morgan fingerprint density at radius 1 is 0.407 bits per heavy atom. The summed E-state index contributed by atoms with van der Waals surface area (Å²) in [6.07, 6.45) is 0. The first-order chi connectivity index (χ1) is 29.3. The average Bonchev–Trinajstić information content (AvgIpc) is 3.92. The molecule has 0 amide bonds. The fraction of sp³-hybridized carbons (Fsp3) is 0. The Morgan fingerprint density at radius 2 is 1.08 bits per heavy atom. The molecule has 0 aliphatic carbocycles. The number of hydrogen-bond acceptors (Lipinski definition) is 3. The van der Waals surface area contributed by atoms with Gasteiger partial charge in [-0.1, -0.05) is 133 Å². The molecular weight excluding hydrogens is 721 g/mol. The van der Waals surface area contributed by atoms with Gasteiger partial charge in [-0.15, -0.1) is 0 Å². The van der Waals surface area contributed by atoms with Crippen LogP contribution < -0.4 is 0 Å². The summed E-state index contributed by atoms with van der Waals surface area (Å²) in [4.78, 5) is 11.1. The van der Waals surface area contributed by atoms with Crippen LogP contribution in [0.2, 0.25) is 0 Å². The van der Waals surface area contributed by atoms with Crippen LogP contribution in [0.5, 0.6) is 0 Å². The standard InChI is InChI=1S/C54H30N4O/c1-2-14-33-31(13-1)26-28-42-49(33)52(32-25-27-38-37-18-8-12-24-47(37)59-48(38)29-32)56-54(55-42)58-45-23-11-7-20-40(45)50-46(58)30-41-36-17-6-10-22-44(36)57-43-21-9-5-16-35(43)34-15-3-4-19-39(34)51(50)53(41)57/h1-30H. The Kier molecular flexibility index (Phi) is 5.96. The minimum Gasteiger partial charge on any atom is -0.456 e. The van der Waals surface area contributed by atoms with Crippen LogP contribution in [-0.2, 0) is 0 Å². The van der Waals surface area contributed by atoms with Gasteiger partial charge in [0.15, 0.2) is 0 Å². The van der Waals surface area contributed by atoms with Gasteiger partial charge >= 0.3 is 0 Å². The van der Waals surface area contributed by atoms with Crippen LogP contribution in [-0.4, -0.2) is 19.1 Å². The van der Waals surface area contributed by atoms with E-state index >= 15 is 0 Å². The van der Waals surface area contributed by atoms with Gasteiger partial charge in [0.25, 0.3) is 0 Å². The highest BCUT2D eigenvalue weighted by atomic mass is 16.3. The van der Waals surface area contributed by atoms with Gasteiger partial charge in [-0.25, -0.2) is 9.97 Å². The number of nitrogens with zero attached hydrogens (tertiary/aromatic N) is 4. The molecule has 14 rings (SSSR count). The van der Waals surface area contributed by atoms with Crippen LogP contribution in [0.1, 0.15) is 0 Å². The summed E-state index contributed by atoms with van der Waals surface area (Å²) in [6, 6.07) is 65.3. The highest BCUT2D eigenvalue weighted by molar-refractivity contribution is 6.28. The summed E-state index contributed by atoms with van der Waals surface area (Å²) in [7, 11) is 0. The van der Waals surface area contributed by atoms with E-state index in [2.05, 4.69) is 179 Å². The van der Waals surface area contributed by atoms with Gasteiger partial charge in [0.1, 0.15) is 11.2 Å². The van der Waals surface area contributed by atoms with Gasteiger partial charge in [0, 0.05) is 54.4 Å². The highest BCUT2D eigenvalue weighted by Crippen LogP contribution is 2.51. The molecule has 0 fully saturated rings. The normalized spacial score (nSPS) is 12.4. The second-order valence-electron chi connectivity index (χ2n) is 15.7. The molecule has 13 aromatic rings. The zero-order chi connectivity index (χ0) is 38.3. The van der Waals surface area contributed by atoms with Crippen LogP contribution in [0, 0.1) is 0 Å². The summed E-state index contributed by atoms with van der Waals surface area (Å²) in [6.45, 7) is 0. The molecule has 5 heterocycles. The fourth-order valence-corrected chi connectivity index (χ4v) is 10.2. The van der Waals surface area contributed by atoms with Gasteiger partial charge in [0.2, 0.25) is 5.95 Å². The lowest BCUT2D eigenvalue weighted by molar-refractivity contribution is 0.669. The SMILES string of the molecule is c1ccc2c(c1)-c1ccccc1-n1c3ccccc3c3cc4c(c-2c31)c1ccccc1n4-c1nc(-c2ccc3c(c2)oc2ccccc23)c2c(ccc3ccccc32)n1. The van der Waals surface area contributed by atoms with Crippen LogP contribution in [0.3, 0.4) is 0 Å². The number of rotatable bonds is 2. The summed E-state index contributed by atoms with van der Waals surface area (Å²) < 4.78 is 11.2. The van der Waals surface area contributed by atoms with E-state index in [0.717, 1.165) is 71.3 Å². The lowest BCUT2D eigenvalue weighted by Crippen LogP contribution is -2.04. The maximum Gasteiger partial charge on any atom is 0.235 e. The number of fused-ring (bicyclic) bond motifs is 18. The Morgan fingerprint density at radius 3 is 1.97 bits per heavy atom. The number of aromatic nitrogens is 4. The van der Waals surface area contributed by atoms with Crippen molar-refractivity contribution in [3.63, 3.8) is 0 Å². The molecule has 9 aromatic carbocycles. The van der Waals surface area contributed by atoms with Crippen molar-refractivity contribution in [2.75, 3.05) is 0 Å². The van der Waals surface area contributed by atoms with E-state index in [9.17, 15) is 0 Å². The topological polar surface area (TPSA) is 48.8 Å². The maximum atomic E-state index is 6.45. The first kappa shape index (κ1) is 31.1. The lowest BCUT2D eigenvalue weighted by Gasteiger charge is -2.14. The molecule has 0 saturated carbocycles. The predicted molar refractivity (Wildman–Crippen MR) is 243 cm³/mol. The number of furan rings is 1. The van der Waals surface area contributed by atoms with Crippen molar-refractivity contribution >= 4 is 87.2 Å². The van der Waals surface area contributed by atoms with Gasteiger partial charge in [-0.2, -0.15) is 0 Å². The van der Waals surface area contributed by atoms with Crippen molar-refractivity contribution in [1.82, 2.24) is 19.1 Å². The first-order valence-electron chi connectivity index (χ1n) is 20.1. The third-order valence-electron chi connectivity index (χ3n) is 12.7. The zero-order valence-corrected chi connectivity index (χ0v) is 31.5. The highest BCUT2D eigenvalue weighted by Gasteiger charge is 2.29. The van der Waals surface area contributed by atoms with Crippen LogP contribution in [0.4, 0.5) is 0 Å². The largest absolute Gasteiger partial charge is 0.456 e. The molecule has 0 N–H and O–H groups in total. The van der Waals surface area contributed by atoms with E-state index in [1.807, 2.05) is 12.1 Å². The molecule has 4 aromatic heterocycles. The van der Waals surface area contributed by atoms with E-state index in [1.165, 1.54) is 55.1 Å². The molecule has 59 heavy (non-hydrogen) atoms. The van der Waals surface area contributed by atoms with E-state index in [1.54, 1.807) is 0 Å². The van der Waals surface area contributed by atoms with Crippen LogP contribution in [0.15, 0.2) is 186 Å². The Hall–Kier alpha value is -8.02. The third-order valence-corrected chi connectivity index (χ3v) is 12.7. The smallest absolute Gasteiger partial charge is 0.235 e. The van der Waals surface area contributed by atoms with Crippen LogP contribution in [0.25, 0.3) is 132 Å². The van der Waals surface area contributed by atoms with Crippen molar-refractivity contribution in [3.8, 4) is 45.1 Å². The Bertz CT molecular complexity index is 3980. The second kappa shape index (κ2) is 11.3.